The molecule has 3 nitrogen and oxygen atoms in total. The van der Waals surface area contributed by atoms with Crippen LogP contribution in [0.3, 0.4) is 0 Å². The first-order chi connectivity index (χ1) is 6.74. The van der Waals surface area contributed by atoms with Gasteiger partial charge >= 0.3 is 0 Å². The van der Waals surface area contributed by atoms with Gasteiger partial charge in [-0.25, -0.2) is 0 Å². The Balaban J connectivity index is 2.26. The zero-order valence-corrected chi connectivity index (χ0v) is 8.75. The number of terminal acetylenes is 1. The van der Waals surface area contributed by atoms with E-state index in [0.717, 1.165) is 19.5 Å². The summed E-state index contributed by atoms with van der Waals surface area (Å²) in [6, 6.07) is 0. The largest absolute Gasteiger partial charge is 0.341 e. The summed E-state index contributed by atoms with van der Waals surface area (Å²) in [6.07, 6.45) is 7.44. The average Bonchev–Trinajstić information content (AvgIpc) is 2.18. The molecule has 3 heteroatoms. The third kappa shape index (κ3) is 3.39. The number of carbonyl (C=O) groups excluding carboxylic acids is 1. The first-order valence-electron chi connectivity index (χ1n) is 5.16. The molecule has 0 bridgehead atoms. The maximum atomic E-state index is 11.6. The van der Waals surface area contributed by atoms with Crippen LogP contribution in [0, 0.1) is 18.3 Å². The van der Waals surface area contributed by atoms with Crippen molar-refractivity contribution in [2.75, 3.05) is 26.2 Å². The lowest BCUT2D eigenvalue weighted by Crippen LogP contribution is -2.43. The van der Waals surface area contributed by atoms with Gasteiger partial charge in [-0.15, -0.1) is 6.42 Å². The molecule has 14 heavy (non-hydrogen) atoms. The van der Waals surface area contributed by atoms with Gasteiger partial charge in [0, 0.05) is 13.1 Å². The molecule has 1 amide bonds. The highest BCUT2D eigenvalue weighted by molar-refractivity contribution is 5.78. The van der Waals surface area contributed by atoms with Crippen LogP contribution < -0.4 is 5.32 Å². The molecule has 0 spiro atoms. The molecule has 0 aliphatic carbocycles. The van der Waals surface area contributed by atoms with Gasteiger partial charge < -0.3 is 4.90 Å². The SMILES string of the molecule is C#CCNCC(=O)N1CCCC(C)C1. The minimum Gasteiger partial charge on any atom is -0.341 e. The van der Waals surface area contributed by atoms with Crippen LogP contribution in [0.25, 0.3) is 0 Å². The molecule has 1 N–H and O–H groups in total. The standard InChI is InChI=1S/C11H18N2O/c1-3-6-12-8-11(14)13-7-4-5-10(2)9-13/h1,10,12H,4-9H2,2H3. The Morgan fingerprint density at radius 3 is 3.14 bits per heavy atom. The van der Waals surface area contributed by atoms with Gasteiger partial charge in [-0.1, -0.05) is 12.8 Å². The van der Waals surface area contributed by atoms with Crippen molar-refractivity contribution >= 4 is 5.91 Å². The van der Waals surface area contributed by atoms with Gasteiger partial charge in [0.15, 0.2) is 0 Å². The number of amides is 1. The Hall–Kier alpha value is -1.01. The van der Waals surface area contributed by atoms with E-state index in [1.807, 2.05) is 4.90 Å². The van der Waals surface area contributed by atoms with E-state index in [1.54, 1.807) is 0 Å². The second-order valence-electron chi connectivity index (χ2n) is 3.89. The van der Waals surface area contributed by atoms with Crippen molar-refractivity contribution in [3.63, 3.8) is 0 Å². The summed E-state index contributed by atoms with van der Waals surface area (Å²) >= 11 is 0. The maximum absolute atomic E-state index is 11.6. The summed E-state index contributed by atoms with van der Waals surface area (Å²) in [5, 5.41) is 2.92. The second-order valence-corrected chi connectivity index (χ2v) is 3.89. The highest BCUT2D eigenvalue weighted by Crippen LogP contribution is 2.14. The van der Waals surface area contributed by atoms with Gasteiger partial charge in [0.1, 0.15) is 0 Å². The van der Waals surface area contributed by atoms with Crippen LogP contribution in [0.4, 0.5) is 0 Å². The Labute approximate surface area is 85.9 Å². The Morgan fingerprint density at radius 1 is 1.71 bits per heavy atom. The lowest BCUT2D eigenvalue weighted by molar-refractivity contribution is -0.131. The van der Waals surface area contributed by atoms with Crippen LogP contribution in [0.5, 0.6) is 0 Å². The minimum atomic E-state index is 0.173. The molecular weight excluding hydrogens is 176 g/mol. The van der Waals surface area contributed by atoms with Crippen molar-refractivity contribution < 1.29 is 4.79 Å². The molecule has 1 aliphatic heterocycles. The second kappa shape index (κ2) is 5.66. The van der Waals surface area contributed by atoms with E-state index in [4.69, 9.17) is 6.42 Å². The number of rotatable bonds is 3. The summed E-state index contributed by atoms with van der Waals surface area (Å²) in [6.45, 7) is 4.83. The third-order valence-electron chi connectivity index (χ3n) is 2.51. The highest BCUT2D eigenvalue weighted by Gasteiger charge is 2.19. The number of carbonyl (C=O) groups is 1. The van der Waals surface area contributed by atoms with Gasteiger partial charge in [-0.3, -0.25) is 10.1 Å². The zero-order valence-electron chi connectivity index (χ0n) is 8.75. The number of nitrogens with zero attached hydrogens (tertiary/aromatic N) is 1. The summed E-state index contributed by atoms with van der Waals surface area (Å²) in [5.41, 5.74) is 0. The van der Waals surface area contributed by atoms with Crippen molar-refractivity contribution in [1.82, 2.24) is 10.2 Å². The van der Waals surface area contributed by atoms with Crippen molar-refractivity contribution in [1.29, 1.82) is 0 Å². The van der Waals surface area contributed by atoms with E-state index in [9.17, 15) is 4.79 Å². The molecule has 78 valence electrons. The topological polar surface area (TPSA) is 32.3 Å². The van der Waals surface area contributed by atoms with Crippen LogP contribution in [-0.2, 0) is 4.79 Å². The summed E-state index contributed by atoms with van der Waals surface area (Å²) in [5.74, 6) is 3.27. The molecule has 1 heterocycles. The molecule has 1 rings (SSSR count). The number of nitrogens with one attached hydrogen (secondary N) is 1. The van der Waals surface area contributed by atoms with E-state index in [0.29, 0.717) is 19.0 Å². The van der Waals surface area contributed by atoms with E-state index in [1.165, 1.54) is 6.42 Å². The van der Waals surface area contributed by atoms with Gasteiger partial charge in [-0.2, -0.15) is 0 Å². The zero-order chi connectivity index (χ0) is 10.4. The normalized spacial score (nSPS) is 21.7. The lowest BCUT2D eigenvalue weighted by atomic mass is 10.0. The number of likely N-dealkylation sites (tertiary alicyclic amines) is 1. The molecule has 1 saturated heterocycles. The minimum absolute atomic E-state index is 0.173. The van der Waals surface area contributed by atoms with Crippen LogP contribution in [0.15, 0.2) is 0 Å². The quantitative estimate of drug-likeness (QED) is 0.523. The van der Waals surface area contributed by atoms with Crippen LogP contribution in [0.2, 0.25) is 0 Å². The number of hydrogen-bond acceptors (Lipinski definition) is 2. The molecule has 1 aliphatic rings. The van der Waals surface area contributed by atoms with Crippen molar-refractivity contribution in [2.24, 2.45) is 5.92 Å². The molecule has 0 aromatic heterocycles. The third-order valence-corrected chi connectivity index (χ3v) is 2.51. The average molecular weight is 194 g/mol. The van der Waals surface area contributed by atoms with E-state index >= 15 is 0 Å². The first-order valence-corrected chi connectivity index (χ1v) is 5.16. The molecule has 1 atom stereocenters. The maximum Gasteiger partial charge on any atom is 0.236 e. The molecule has 1 fully saturated rings. The van der Waals surface area contributed by atoms with Crippen LogP contribution in [0.1, 0.15) is 19.8 Å². The van der Waals surface area contributed by atoms with Gasteiger partial charge in [0.2, 0.25) is 5.91 Å². The Morgan fingerprint density at radius 2 is 2.50 bits per heavy atom. The summed E-state index contributed by atoms with van der Waals surface area (Å²) in [7, 11) is 0. The van der Waals surface area contributed by atoms with E-state index in [2.05, 4.69) is 18.2 Å². The number of piperidine rings is 1. The fourth-order valence-electron chi connectivity index (χ4n) is 1.77. The fraction of sp³-hybridized carbons (Fsp3) is 0.727. The summed E-state index contributed by atoms with van der Waals surface area (Å²) in [4.78, 5) is 13.5. The Kier molecular flexibility index (Phi) is 4.48. The first kappa shape index (κ1) is 11.1. The Bertz CT molecular complexity index is 232. The lowest BCUT2D eigenvalue weighted by Gasteiger charge is -2.30. The molecular formula is C11H18N2O. The van der Waals surface area contributed by atoms with Crippen molar-refractivity contribution in [3.05, 3.63) is 0 Å². The predicted octanol–water partition coefficient (Wildman–Crippen LogP) is 0.468. The van der Waals surface area contributed by atoms with E-state index < -0.39 is 0 Å². The molecule has 0 aromatic carbocycles. The van der Waals surface area contributed by atoms with Crippen LogP contribution in [-0.4, -0.2) is 37.0 Å². The monoisotopic (exact) mass is 194 g/mol. The van der Waals surface area contributed by atoms with Gasteiger partial charge in [-0.05, 0) is 18.8 Å². The van der Waals surface area contributed by atoms with E-state index in [-0.39, 0.29) is 5.91 Å². The van der Waals surface area contributed by atoms with Crippen LogP contribution >= 0.6 is 0 Å². The van der Waals surface area contributed by atoms with Gasteiger partial charge in [0.05, 0.1) is 13.1 Å². The highest BCUT2D eigenvalue weighted by atomic mass is 16.2. The number of hydrogen-bond donors (Lipinski definition) is 1. The summed E-state index contributed by atoms with van der Waals surface area (Å²) < 4.78 is 0. The van der Waals surface area contributed by atoms with Gasteiger partial charge in [0.25, 0.3) is 0 Å². The smallest absolute Gasteiger partial charge is 0.236 e. The predicted molar refractivity (Wildman–Crippen MR) is 56.7 cm³/mol. The molecule has 0 aromatic rings. The van der Waals surface area contributed by atoms with Crippen molar-refractivity contribution in [2.45, 2.75) is 19.8 Å². The fourth-order valence-corrected chi connectivity index (χ4v) is 1.77. The molecule has 1 unspecified atom stereocenters. The molecule has 0 radical (unpaired) electrons. The van der Waals surface area contributed by atoms with Crippen molar-refractivity contribution in [3.8, 4) is 12.3 Å². The molecule has 0 saturated carbocycles.